The van der Waals surface area contributed by atoms with Crippen LogP contribution >= 0.6 is 0 Å². The monoisotopic (exact) mass is 323 g/mol. The zero-order valence-corrected chi connectivity index (χ0v) is 11.5. The minimum absolute atomic E-state index is 0.0847. The maximum atomic E-state index is 13.9. The summed E-state index contributed by atoms with van der Waals surface area (Å²) in [5, 5.41) is 13.2. The molecule has 0 saturated carbocycles. The molecule has 1 heterocycles. The zero-order chi connectivity index (χ0) is 16.6. The molecule has 23 heavy (non-hydrogen) atoms. The molecule has 0 unspecified atom stereocenters. The first-order valence-corrected chi connectivity index (χ1v) is 6.51. The molecule has 0 saturated heterocycles. The Morgan fingerprint density at radius 2 is 1.57 bits per heavy atom. The van der Waals surface area contributed by atoms with Crippen LogP contribution in [0.4, 0.5) is 17.6 Å². The second kappa shape index (κ2) is 5.85. The first kappa shape index (κ1) is 15.2. The third kappa shape index (κ3) is 2.70. The normalized spacial score (nSPS) is 11.0. The van der Waals surface area contributed by atoms with E-state index in [-0.39, 0.29) is 22.6 Å². The van der Waals surface area contributed by atoms with Crippen molar-refractivity contribution in [2.24, 2.45) is 0 Å². The van der Waals surface area contributed by atoms with Crippen LogP contribution < -0.4 is 0 Å². The number of hydrogen-bond donors (Lipinski definition) is 1. The van der Waals surface area contributed by atoms with Crippen LogP contribution in [0, 0.1) is 23.3 Å². The third-order valence-corrected chi connectivity index (χ3v) is 3.32. The summed E-state index contributed by atoms with van der Waals surface area (Å²) in [5.41, 5.74) is 0.301. The number of benzene rings is 2. The summed E-state index contributed by atoms with van der Waals surface area (Å²) < 4.78 is 58.2. The first-order chi connectivity index (χ1) is 11.0. The van der Waals surface area contributed by atoms with Gasteiger partial charge in [-0.1, -0.05) is 5.16 Å². The zero-order valence-electron chi connectivity index (χ0n) is 11.5. The van der Waals surface area contributed by atoms with E-state index in [4.69, 9.17) is 4.52 Å². The van der Waals surface area contributed by atoms with Crippen LogP contribution in [-0.4, -0.2) is 10.3 Å². The summed E-state index contributed by atoms with van der Waals surface area (Å²) in [4.78, 5) is 0. The highest BCUT2D eigenvalue weighted by Crippen LogP contribution is 2.34. The van der Waals surface area contributed by atoms with E-state index in [0.29, 0.717) is 17.7 Å². The van der Waals surface area contributed by atoms with Gasteiger partial charge in [-0.3, -0.25) is 0 Å². The topological polar surface area (TPSA) is 46.3 Å². The molecule has 3 nitrogen and oxygen atoms in total. The summed E-state index contributed by atoms with van der Waals surface area (Å²) in [7, 11) is 0. The smallest absolute Gasteiger partial charge is 0.176 e. The van der Waals surface area contributed by atoms with Crippen molar-refractivity contribution >= 4 is 0 Å². The van der Waals surface area contributed by atoms with Gasteiger partial charge in [-0.15, -0.1) is 0 Å². The van der Waals surface area contributed by atoms with Gasteiger partial charge >= 0.3 is 0 Å². The molecule has 3 aromatic rings. The van der Waals surface area contributed by atoms with Crippen LogP contribution in [0.3, 0.4) is 0 Å². The van der Waals surface area contributed by atoms with Gasteiger partial charge in [0.1, 0.15) is 17.3 Å². The molecule has 0 bridgehead atoms. The molecule has 0 fully saturated rings. The quantitative estimate of drug-likeness (QED) is 0.584. The highest BCUT2D eigenvalue weighted by molar-refractivity contribution is 5.72. The number of hydrogen-bond acceptors (Lipinski definition) is 3. The van der Waals surface area contributed by atoms with Crippen molar-refractivity contribution in [3.8, 4) is 22.6 Å². The molecular formula is C16H9F4NO2. The van der Waals surface area contributed by atoms with Crippen molar-refractivity contribution in [2.75, 3.05) is 0 Å². The van der Waals surface area contributed by atoms with Crippen molar-refractivity contribution in [3.05, 3.63) is 65.2 Å². The molecule has 1 aromatic heterocycles. The Kier molecular flexibility index (Phi) is 3.87. The SMILES string of the molecule is OCc1c(-c2ccc(F)cc2)noc1-c1cc(F)c(F)cc1F. The van der Waals surface area contributed by atoms with Crippen LogP contribution in [0.15, 0.2) is 40.9 Å². The Hall–Kier alpha value is -2.67. The third-order valence-electron chi connectivity index (χ3n) is 3.32. The van der Waals surface area contributed by atoms with Crippen LogP contribution in [0.1, 0.15) is 5.56 Å². The van der Waals surface area contributed by atoms with E-state index in [1.54, 1.807) is 0 Å². The lowest BCUT2D eigenvalue weighted by atomic mass is 10.0. The summed E-state index contributed by atoms with van der Waals surface area (Å²) in [6.07, 6.45) is 0. The maximum Gasteiger partial charge on any atom is 0.176 e. The highest BCUT2D eigenvalue weighted by atomic mass is 19.2. The molecular weight excluding hydrogens is 314 g/mol. The number of aliphatic hydroxyl groups excluding tert-OH is 1. The van der Waals surface area contributed by atoms with Gasteiger partial charge in [0.05, 0.1) is 17.7 Å². The van der Waals surface area contributed by atoms with E-state index in [9.17, 15) is 22.7 Å². The largest absolute Gasteiger partial charge is 0.391 e. The first-order valence-electron chi connectivity index (χ1n) is 6.51. The van der Waals surface area contributed by atoms with E-state index < -0.39 is 29.9 Å². The predicted octanol–water partition coefficient (Wildman–Crippen LogP) is 4.06. The van der Waals surface area contributed by atoms with Crippen molar-refractivity contribution in [1.82, 2.24) is 5.16 Å². The Balaban J connectivity index is 2.15. The fraction of sp³-hybridized carbons (Fsp3) is 0.0625. The molecule has 118 valence electrons. The van der Waals surface area contributed by atoms with Crippen LogP contribution in [0.2, 0.25) is 0 Å². The standard InChI is InChI=1S/C16H9F4NO2/c17-9-3-1-8(2-4-9)15-11(7-22)16(23-21-15)10-5-13(19)14(20)6-12(10)18/h1-6,22H,7H2. The summed E-state index contributed by atoms with van der Waals surface area (Å²) in [6.45, 7) is -0.579. The van der Waals surface area contributed by atoms with Crippen LogP contribution in [0.25, 0.3) is 22.6 Å². The van der Waals surface area contributed by atoms with Crippen molar-refractivity contribution in [2.45, 2.75) is 6.61 Å². The summed E-state index contributed by atoms with van der Waals surface area (Å²) in [6, 6.07) is 6.17. The van der Waals surface area contributed by atoms with Gasteiger partial charge in [-0.25, -0.2) is 17.6 Å². The molecule has 0 atom stereocenters. The summed E-state index contributed by atoms with van der Waals surface area (Å²) >= 11 is 0. The lowest BCUT2D eigenvalue weighted by Crippen LogP contribution is -1.94. The Labute approximate surface area is 127 Å². The highest BCUT2D eigenvalue weighted by Gasteiger charge is 2.22. The number of aliphatic hydroxyl groups is 1. The Morgan fingerprint density at radius 1 is 0.913 bits per heavy atom. The fourth-order valence-electron chi connectivity index (χ4n) is 2.20. The van der Waals surface area contributed by atoms with Gasteiger partial charge in [0, 0.05) is 11.6 Å². The number of nitrogens with zero attached hydrogens (tertiary/aromatic N) is 1. The van der Waals surface area contributed by atoms with E-state index in [0.717, 1.165) is 0 Å². The average molecular weight is 323 g/mol. The molecule has 0 aliphatic rings. The fourth-order valence-corrected chi connectivity index (χ4v) is 2.20. The molecule has 0 aliphatic carbocycles. The maximum absolute atomic E-state index is 13.9. The number of rotatable bonds is 3. The van der Waals surface area contributed by atoms with Gasteiger partial charge < -0.3 is 9.63 Å². The van der Waals surface area contributed by atoms with Crippen molar-refractivity contribution in [3.63, 3.8) is 0 Å². The lowest BCUT2D eigenvalue weighted by Gasteiger charge is -2.03. The molecule has 0 amide bonds. The van der Waals surface area contributed by atoms with E-state index in [1.807, 2.05) is 0 Å². The lowest BCUT2D eigenvalue weighted by molar-refractivity contribution is 0.281. The second-order valence-electron chi connectivity index (χ2n) is 4.75. The Bertz CT molecular complexity index is 859. The van der Waals surface area contributed by atoms with Gasteiger partial charge in [0.25, 0.3) is 0 Å². The average Bonchev–Trinajstić information content (AvgIpc) is 2.95. The van der Waals surface area contributed by atoms with E-state index in [1.165, 1.54) is 24.3 Å². The molecule has 3 rings (SSSR count). The molecule has 1 N–H and O–H groups in total. The van der Waals surface area contributed by atoms with E-state index >= 15 is 0 Å². The number of halogens is 4. The van der Waals surface area contributed by atoms with Gasteiger partial charge in [0.2, 0.25) is 0 Å². The van der Waals surface area contributed by atoms with Crippen LogP contribution in [0.5, 0.6) is 0 Å². The Morgan fingerprint density at radius 3 is 2.22 bits per heavy atom. The van der Waals surface area contributed by atoms with Gasteiger partial charge in [0.15, 0.2) is 17.4 Å². The van der Waals surface area contributed by atoms with E-state index in [2.05, 4.69) is 5.16 Å². The molecule has 0 aliphatic heterocycles. The van der Waals surface area contributed by atoms with Gasteiger partial charge in [-0.05, 0) is 30.3 Å². The minimum atomic E-state index is -1.34. The predicted molar refractivity (Wildman–Crippen MR) is 73.1 cm³/mol. The van der Waals surface area contributed by atoms with Crippen LogP contribution in [-0.2, 0) is 6.61 Å². The molecule has 2 aromatic carbocycles. The van der Waals surface area contributed by atoms with Crippen molar-refractivity contribution in [1.29, 1.82) is 0 Å². The van der Waals surface area contributed by atoms with Gasteiger partial charge in [-0.2, -0.15) is 0 Å². The molecule has 7 heteroatoms. The molecule has 0 radical (unpaired) electrons. The second-order valence-corrected chi connectivity index (χ2v) is 4.75. The molecule has 0 spiro atoms. The number of aromatic nitrogens is 1. The summed E-state index contributed by atoms with van der Waals surface area (Å²) in [5.74, 6) is -4.33. The van der Waals surface area contributed by atoms with Crippen molar-refractivity contribution < 1.29 is 27.2 Å². The minimum Gasteiger partial charge on any atom is -0.391 e.